The molecule has 1 aliphatic rings. The number of methoxy groups -OCH3 is 2. The van der Waals surface area contributed by atoms with E-state index in [4.69, 9.17) is 9.47 Å². The molecule has 0 spiro atoms. The summed E-state index contributed by atoms with van der Waals surface area (Å²) in [5.41, 5.74) is 3.49. The van der Waals surface area contributed by atoms with E-state index in [1.165, 1.54) is 24.1 Å². The Labute approximate surface area is 185 Å². The summed E-state index contributed by atoms with van der Waals surface area (Å²) in [6.45, 7) is 3.76. The quantitative estimate of drug-likeness (QED) is 0.563. The van der Waals surface area contributed by atoms with Gasteiger partial charge < -0.3 is 14.0 Å². The van der Waals surface area contributed by atoms with Crippen molar-refractivity contribution in [2.75, 3.05) is 14.2 Å². The van der Waals surface area contributed by atoms with Gasteiger partial charge >= 0.3 is 0 Å². The van der Waals surface area contributed by atoms with Gasteiger partial charge in [0, 0.05) is 6.20 Å². The van der Waals surface area contributed by atoms with Gasteiger partial charge in [0.25, 0.3) is 11.9 Å². The molecule has 0 saturated heterocycles. The van der Waals surface area contributed by atoms with Gasteiger partial charge in [0.2, 0.25) is 0 Å². The predicted molar refractivity (Wildman–Crippen MR) is 119 cm³/mol. The van der Waals surface area contributed by atoms with E-state index in [0.717, 1.165) is 22.5 Å². The Bertz CT molecular complexity index is 1210. The number of rotatable bonds is 5. The molecule has 0 aliphatic carbocycles. The molecule has 1 aliphatic heterocycles. The topological polar surface area (TPSA) is 69.0 Å². The highest BCUT2D eigenvalue weighted by molar-refractivity contribution is 6.12. The normalized spacial score (nSPS) is 15.8. The van der Waals surface area contributed by atoms with E-state index in [0.29, 0.717) is 5.75 Å². The Balaban J connectivity index is 1.65. The molecule has 2 aromatic carbocycles. The Morgan fingerprint density at radius 2 is 1.84 bits per heavy atom. The molecular weight excluding hydrogens is 411 g/mol. The van der Waals surface area contributed by atoms with Crippen molar-refractivity contribution in [2.24, 2.45) is 4.99 Å². The molecule has 0 unspecified atom stereocenters. The van der Waals surface area contributed by atoms with E-state index < -0.39 is 0 Å². The SMILES string of the molecule is COC1=N/C(=C\c2ccc(-n3cnc(C)c3)c(OC)c2)C(=O)N1[C@@H](C)c1ccc(F)cc1. The number of aliphatic imine (C=N–C) groups is 1. The second-order valence-corrected chi connectivity index (χ2v) is 7.38. The number of hydrogen-bond donors (Lipinski definition) is 0. The summed E-state index contributed by atoms with van der Waals surface area (Å²) >= 11 is 0. The lowest BCUT2D eigenvalue weighted by Crippen LogP contribution is -2.35. The zero-order chi connectivity index (χ0) is 22.8. The van der Waals surface area contributed by atoms with Crippen LogP contribution in [-0.4, -0.2) is 40.6 Å². The standard InChI is InChI=1S/C24H23FN4O3/c1-15-13-28(14-26-15)21-10-5-17(12-22(21)31-3)11-20-23(30)29(24(27-20)32-4)16(2)18-6-8-19(25)9-7-18/h5-14,16H,1-4H3/b20-11-/t16-/m0/s1. The van der Waals surface area contributed by atoms with Crippen LogP contribution in [0.2, 0.25) is 0 Å². The first-order chi connectivity index (χ1) is 15.4. The van der Waals surface area contributed by atoms with Crippen LogP contribution in [0, 0.1) is 12.7 Å². The molecule has 1 aromatic heterocycles. The molecule has 0 radical (unpaired) electrons. The van der Waals surface area contributed by atoms with Gasteiger partial charge in [-0.3, -0.25) is 9.69 Å². The second kappa shape index (κ2) is 8.66. The third kappa shape index (κ3) is 3.99. The van der Waals surface area contributed by atoms with E-state index in [2.05, 4.69) is 9.98 Å². The smallest absolute Gasteiger partial charge is 0.300 e. The second-order valence-electron chi connectivity index (χ2n) is 7.38. The number of imidazole rings is 1. The summed E-state index contributed by atoms with van der Waals surface area (Å²) < 4.78 is 26.1. The summed E-state index contributed by atoms with van der Waals surface area (Å²) in [7, 11) is 3.05. The van der Waals surface area contributed by atoms with Crippen LogP contribution in [0.15, 0.2) is 65.7 Å². The first kappa shape index (κ1) is 21.3. The lowest BCUT2D eigenvalue weighted by molar-refractivity contribution is -0.124. The van der Waals surface area contributed by atoms with Crippen LogP contribution >= 0.6 is 0 Å². The van der Waals surface area contributed by atoms with E-state index in [9.17, 15) is 9.18 Å². The lowest BCUT2D eigenvalue weighted by atomic mass is 10.1. The van der Waals surface area contributed by atoms with Gasteiger partial charge in [-0.2, -0.15) is 4.99 Å². The minimum atomic E-state index is -0.380. The molecule has 8 heteroatoms. The van der Waals surface area contributed by atoms with E-state index in [1.807, 2.05) is 42.8 Å². The molecule has 0 saturated carbocycles. The maximum absolute atomic E-state index is 13.3. The minimum Gasteiger partial charge on any atom is -0.495 e. The zero-order valence-corrected chi connectivity index (χ0v) is 18.2. The highest BCUT2D eigenvalue weighted by Crippen LogP contribution is 2.30. The first-order valence-electron chi connectivity index (χ1n) is 10.0. The van der Waals surface area contributed by atoms with Gasteiger partial charge in [-0.1, -0.05) is 18.2 Å². The number of aryl methyl sites for hydroxylation is 1. The maximum Gasteiger partial charge on any atom is 0.300 e. The average Bonchev–Trinajstić information content (AvgIpc) is 3.36. The fourth-order valence-electron chi connectivity index (χ4n) is 3.59. The molecule has 4 rings (SSSR count). The molecule has 1 atom stereocenters. The average molecular weight is 434 g/mol. The monoisotopic (exact) mass is 434 g/mol. The molecular formula is C24H23FN4O3. The Hall–Kier alpha value is -3.94. The summed E-state index contributed by atoms with van der Waals surface area (Å²) in [4.78, 5) is 23.2. The van der Waals surface area contributed by atoms with Crippen LogP contribution in [0.4, 0.5) is 4.39 Å². The summed E-state index contributed by atoms with van der Waals surface area (Å²) in [5.74, 6) is -0.000192. The summed E-state index contributed by atoms with van der Waals surface area (Å²) in [6, 6.07) is 11.4. The summed E-state index contributed by atoms with van der Waals surface area (Å²) in [5, 5.41) is 0. The minimum absolute atomic E-state index is 0.190. The third-order valence-electron chi connectivity index (χ3n) is 5.28. The number of aromatic nitrogens is 2. The molecule has 1 amide bonds. The van der Waals surface area contributed by atoms with Crippen molar-refractivity contribution in [3.63, 3.8) is 0 Å². The van der Waals surface area contributed by atoms with Crippen LogP contribution in [0.1, 0.15) is 29.8 Å². The predicted octanol–water partition coefficient (Wildman–Crippen LogP) is 4.28. The lowest BCUT2D eigenvalue weighted by Gasteiger charge is -2.24. The molecule has 0 fully saturated rings. The number of nitrogens with zero attached hydrogens (tertiary/aromatic N) is 4. The van der Waals surface area contributed by atoms with Gasteiger partial charge in [-0.25, -0.2) is 9.37 Å². The Kier molecular flexibility index (Phi) is 5.77. The fourth-order valence-corrected chi connectivity index (χ4v) is 3.59. The molecule has 2 heterocycles. The number of carbonyl (C=O) groups excluding carboxylic acids is 1. The number of carbonyl (C=O) groups is 1. The molecule has 0 N–H and O–H groups in total. The number of halogens is 1. The van der Waals surface area contributed by atoms with Gasteiger partial charge in [-0.15, -0.1) is 0 Å². The van der Waals surface area contributed by atoms with E-state index in [1.54, 1.807) is 31.6 Å². The number of amides is 1. The zero-order valence-electron chi connectivity index (χ0n) is 18.2. The van der Waals surface area contributed by atoms with E-state index in [-0.39, 0.29) is 29.5 Å². The van der Waals surface area contributed by atoms with Crippen molar-refractivity contribution in [3.05, 3.63) is 83.3 Å². The largest absolute Gasteiger partial charge is 0.495 e. The van der Waals surface area contributed by atoms with Crippen LogP contribution in [0.25, 0.3) is 11.8 Å². The number of amidine groups is 1. The summed E-state index contributed by atoms with van der Waals surface area (Å²) in [6.07, 6.45) is 5.31. The van der Waals surface area contributed by atoms with Crippen molar-refractivity contribution in [3.8, 4) is 11.4 Å². The molecule has 3 aromatic rings. The molecule has 164 valence electrons. The third-order valence-corrected chi connectivity index (χ3v) is 5.28. The Morgan fingerprint density at radius 1 is 1.09 bits per heavy atom. The van der Waals surface area contributed by atoms with Crippen molar-refractivity contribution in [1.82, 2.24) is 14.5 Å². The van der Waals surface area contributed by atoms with Gasteiger partial charge in [-0.05, 0) is 55.3 Å². The first-order valence-corrected chi connectivity index (χ1v) is 10.0. The molecule has 0 bridgehead atoms. The van der Waals surface area contributed by atoms with Gasteiger partial charge in [0.05, 0.1) is 38.0 Å². The van der Waals surface area contributed by atoms with Crippen LogP contribution in [-0.2, 0) is 9.53 Å². The van der Waals surface area contributed by atoms with Crippen molar-refractivity contribution < 1.29 is 18.7 Å². The molecule has 32 heavy (non-hydrogen) atoms. The number of benzene rings is 2. The van der Waals surface area contributed by atoms with Crippen LogP contribution in [0.5, 0.6) is 5.75 Å². The Morgan fingerprint density at radius 3 is 2.47 bits per heavy atom. The maximum atomic E-state index is 13.3. The van der Waals surface area contributed by atoms with Crippen molar-refractivity contribution in [2.45, 2.75) is 19.9 Å². The van der Waals surface area contributed by atoms with Gasteiger partial charge in [0.1, 0.15) is 17.3 Å². The van der Waals surface area contributed by atoms with Crippen molar-refractivity contribution in [1.29, 1.82) is 0 Å². The number of hydrogen-bond acceptors (Lipinski definition) is 5. The number of ether oxygens (including phenoxy) is 2. The van der Waals surface area contributed by atoms with E-state index >= 15 is 0 Å². The van der Waals surface area contributed by atoms with Crippen molar-refractivity contribution >= 4 is 18.0 Å². The molecule has 7 nitrogen and oxygen atoms in total. The van der Waals surface area contributed by atoms with Gasteiger partial charge in [0.15, 0.2) is 0 Å². The van der Waals surface area contributed by atoms with Crippen LogP contribution in [0.3, 0.4) is 0 Å². The highest BCUT2D eigenvalue weighted by Gasteiger charge is 2.35. The highest BCUT2D eigenvalue weighted by atomic mass is 19.1. The fraction of sp³-hybridized carbons (Fsp3) is 0.208. The van der Waals surface area contributed by atoms with Crippen LogP contribution < -0.4 is 4.74 Å².